The van der Waals surface area contributed by atoms with E-state index in [4.69, 9.17) is 0 Å². The maximum absolute atomic E-state index is 3.45. The fourth-order valence-electron chi connectivity index (χ4n) is 7.89. The Labute approximate surface area is 384 Å². The van der Waals surface area contributed by atoms with Gasteiger partial charge in [0, 0.05) is 31.7 Å². The summed E-state index contributed by atoms with van der Waals surface area (Å²) >= 11 is 0. The first-order valence-electron chi connectivity index (χ1n) is 26.3. The van der Waals surface area contributed by atoms with Gasteiger partial charge in [-0.25, -0.2) is 0 Å². The summed E-state index contributed by atoms with van der Waals surface area (Å²) in [7, 11) is 0. The van der Waals surface area contributed by atoms with Gasteiger partial charge in [0.2, 0.25) is 0 Å². The van der Waals surface area contributed by atoms with E-state index in [1.54, 1.807) is 0 Å². The SMILES string of the molecule is CC.CC.CC.CC.CC.CC(C)(C)C1CCCNC1.CC(C)(C)C1CCCNCC1.CC(C)(C)C1CCNC1.CC(C)(C)C1CCNCC1.CC(C)(C)N1CCNCC1. The summed E-state index contributed by atoms with van der Waals surface area (Å²) in [4.78, 5) is 2.52. The maximum atomic E-state index is 3.45. The molecule has 0 amide bonds. The highest BCUT2D eigenvalue weighted by Crippen LogP contribution is 2.34. The molecule has 6 heteroatoms. The van der Waals surface area contributed by atoms with Gasteiger partial charge in [0.05, 0.1) is 0 Å². The summed E-state index contributed by atoms with van der Waals surface area (Å²) < 4.78 is 0. The highest BCUT2D eigenvalue weighted by molar-refractivity contribution is 4.82. The van der Waals surface area contributed by atoms with E-state index in [1.807, 2.05) is 69.2 Å². The van der Waals surface area contributed by atoms with Gasteiger partial charge in [-0.15, -0.1) is 0 Å². The van der Waals surface area contributed by atoms with E-state index in [2.05, 4.69) is 135 Å². The van der Waals surface area contributed by atoms with Crippen molar-refractivity contribution in [1.82, 2.24) is 31.5 Å². The Bertz CT molecular complexity index is 740. The molecular formula is C54H124N6. The minimum Gasteiger partial charge on any atom is -0.317 e. The number of rotatable bonds is 0. The molecule has 3 unspecified atom stereocenters. The standard InChI is InChI=1S/C10H21N.2C9H19N.C8H18N2.C8H17N.5C2H6/c1-10(2,3)9-5-4-7-11-8-6-9;1-9(2,3)8-4-6-10-7-5-8;1-9(2,3)8-5-4-6-10-7-8;1-8(2,3)10-6-4-9-5-7-10;1-8(2,3)7-4-5-9-6-7;5*1-2/h9,11H,4-8H2,1-3H3;2*8,10H,4-7H2,1-3H3;9H,4-7H2,1-3H3;7,9H,4-6H2,1-3H3;5*1-2H3. The zero-order valence-corrected chi connectivity index (χ0v) is 46.9. The van der Waals surface area contributed by atoms with E-state index in [0.29, 0.717) is 27.2 Å². The zero-order valence-electron chi connectivity index (χ0n) is 46.9. The van der Waals surface area contributed by atoms with Crippen LogP contribution in [0.4, 0.5) is 0 Å². The molecule has 5 aliphatic heterocycles. The molecule has 5 aliphatic rings. The van der Waals surface area contributed by atoms with Crippen molar-refractivity contribution in [2.45, 2.75) is 230 Å². The van der Waals surface area contributed by atoms with Gasteiger partial charge in [0.1, 0.15) is 0 Å². The van der Waals surface area contributed by atoms with Crippen LogP contribution in [0.3, 0.4) is 0 Å². The van der Waals surface area contributed by atoms with E-state index in [9.17, 15) is 0 Å². The molecule has 0 spiro atoms. The van der Waals surface area contributed by atoms with Crippen molar-refractivity contribution in [1.29, 1.82) is 0 Å². The normalized spacial score (nSPS) is 22.4. The van der Waals surface area contributed by atoms with E-state index >= 15 is 0 Å². The van der Waals surface area contributed by atoms with Crippen molar-refractivity contribution in [3.05, 3.63) is 0 Å². The Morgan fingerprint density at radius 1 is 0.300 bits per heavy atom. The third-order valence-corrected chi connectivity index (χ3v) is 12.2. The summed E-state index contributed by atoms with van der Waals surface area (Å²) in [5.74, 6) is 3.66. The molecule has 5 heterocycles. The molecule has 5 N–H and O–H groups in total. The molecule has 0 aliphatic carbocycles. The van der Waals surface area contributed by atoms with Crippen molar-refractivity contribution in [2.24, 2.45) is 45.3 Å². The van der Waals surface area contributed by atoms with E-state index in [0.717, 1.165) is 36.8 Å². The molecule has 370 valence electrons. The molecule has 5 rings (SSSR count). The fraction of sp³-hybridized carbons (Fsp3) is 1.00. The second-order valence-corrected chi connectivity index (χ2v) is 21.5. The molecule has 0 aromatic heterocycles. The van der Waals surface area contributed by atoms with Crippen molar-refractivity contribution >= 4 is 0 Å². The third-order valence-electron chi connectivity index (χ3n) is 12.2. The van der Waals surface area contributed by atoms with Crippen LogP contribution >= 0.6 is 0 Å². The van der Waals surface area contributed by atoms with Gasteiger partial charge in [0.25, 0.3) is 0 Å². The second kappa shape index (κ2) is 40.3. The van der Waals surface area contributed by atoms with E-state index in [-0.39, 0.29) is 0 Å². The van der Waals surface area contributed by atoms with Crippen LogP contribution in [-0.4, -0.2) is 89.0 Å². The summed E-state index contributed by atoms with van der Waals surface area (Å²) in [5, 5.41) is 17.0. The van der Waals surface area contributed by atoms with Gasteiger partial charge in [-0.05, 0) is 170 Å². The smallest absolute Gasteiger partial charge is 0.0126 e. The van der Waals surface area contributed by atoms with Gasteiger partial charge in [-0.1, -0.05) is 152 Å². The number of nitrogens with one attached hydrogen (secondary N) is 5. The van der Waals surface area contributed by atoms with E-state index < -0.39 is 0 Å². The summed E-state index contributed by atoms with van der Waals surface area (Å²) in [6, 6.07) is 0. The van der Waals surface area contributed by atoms with Crippen LogP contribution in [-0.2, 0) is 0 Å². The number of nitrogens with zero attached hydrogens (tertiary/aromatic N) is 1. The first kappa shape index (κ1) is 68.8. The second-order valence-electron chi connectivity index (χ2n) is 21.5. The molecule has 60 heavy (non-hydrogen) atoms. The Kier molecular flexibility index (Phi) is 46.2. The largest absolute Gasteiger partial charge is 0.317 e. The van der Waals surface area contributed by atoms with E-state index in [1.165, 1.54) is 117 Å². The fourth-order valence-corrected chi connectivity index (χ4v) is 7.89. The van der Waals surface area contributed by atoms with Crippen LogP contribution < -0.4 is 26.6 Å². The van der Waals surface area contributed by atoms with Crippen LogP contribution in [0.15, 0.2) is 0 Å². The summed E-state index contributed by atoms with van der Waals surface area (Å²) in [6.45, 7) is 69.5. The first-order valence-corrected chi connectivity index (χ1v) is 26.3. The minimum atomic E-state index is 0.363. The maximum Gasteiger partial charge on any atom is 0.0126 e. The molecule has 5 fully saturated rings. The molecule has 0 aromatic carbocycles. The lowest BCUT2D eigenvalue weighted by Crippen LogP contribution is -2.51. The Hall–Kier alpha value is -0.240. The lowest BCUT2D eigenvalue weighted by atomic mass is 9.76. The predicted octanol–water partition coefficient (Wildman–Crippen LogP) is 13.9. The minimum absolute atomic E-state index is 0.363. The molecule has 0 radical (unpaired) electrons. The summed E-state index contributed by atoms with van der Waals surface area (Å²) in [5.41, 5.74) is 2.44. The number of piperazine rings is 1. The molecule has 0 bridgehead atoms. The Balaban J connectivity index is -0.000000199. The van der Waals surface area contributed by atoms with Crippen molar-refractivity contribution in [2.75, 3.05) is 78.5 Å². The molecule has 0 aromatic rings. The average molecular weight is 858 g/mol. The number of piperidine rings is 2. The van der Waals surface area contributed by atoms with Gasteiger partial charge < -0.3 is 26.6 Å². The topological polar surface area (TPSA) is 63.4 Å². The van der Waals surface area contributed by atoms with Gasteiger partial charge >= 0.3 is 0 Å². The van der Waals surface area contributed by atoms with Crippen molar-refractivity contribution in [3.63, 3.8) is 0 Å². The van der Waals surface area contributed by atoms with Crippen molar-refractivity contribution < 1.29 is 0 Å². The van der Waals surface area contributed by atoms with Crippen LogP contribution in [0.5, 0.6) is 0 Å². The van der Waals surface area contributed by atoms with Crippen molar-refractivity contribution in [3.8, 4) is 0 Å². The molecule has 3 atom stereocenters. The lowest BCUT2D eigenvalue weighted by Gasteiger charge is -2.38. The van der Waals surface area contributed by atoms with Crippen LogP contribution in [0.1, 0.15) is 224 Å². The highest BCUT2D eigenvalue weighted by Gasteiger charge is 2.28. The number of hydrogen-bond acceptors (Lipinski definition) is 6. The molecule has 6 nitrogen and oxygen atoms in total. The van der Waals surface area contributed by atoms with Gasteiger partial charge in [-0.3, -0.25) is 4.90 Å². The highest BCUT2D eigenvalue weighted by atomic mass is 15.2. The van der Waals surface area contributed by atoms with Crippen LogP contribution in [0.2, 0.25) is 0 Å². The average Bonchev–Trinajstić information content (AvgIpc) is 3.66. The van der Waals surface area contributed by atoms with Crippen LogP contribution in [0.25, 0.3) is 0 Å². The predicted molar refractivity (Wildman–Crippen MR) is 281 cm³/mol. The monoisotopic (exact) mass is 857 g/mol. The quantitative estimate of drug-likeness (QED) is 0.167. The van der Waals surface area contributed by atoms with Gasteiger partial charge in [0.15, 0.2) is 0 Å². The molecular weight excluding hydrogens is 733 g/mol. The van der Waals surface area contributed by atoms with Gasteiger partial charge in [-0.2, -0.15) is 0 Å². The third kappa shape index (κ3) is 38.2. The number of hydrogen-bond donors (Lipinski definition) is 5. The lowest BCUT2D eigenvalue weighted by molar-refractivity contribution is 0.119. The zero-order chi connectivity index (χ0) is 48.1. The molecule has 0 saturated carbocycles. The first-order chi connectivity index (χ1) is 28.0. The Morgan fingerprint density at radius 3 is 0.817 bits per heavy atom. The van der Waals surface area contributed by atoms with Crippen LogP contribution in [0, 0.1) is 45.3 Å². The molecule has 5 saturated heterocycles. The Morgan fingerprint density at radius 2 is 0.550 bits per heavy atom. The summed E-state index contributed by atoms with van der Waals surface area (Å²) in [6.07, 6.45) is 11.0.